The fourth-order valence-electron chi connectivity index (χ4n) is 1.82. The number of halogens is 1. The Morgan fingerprint density at radius 2 is 1.83 bits per heavy atom. The molecular weight excluding hydrogens is 387 g/mol. The van der Waals surface area contributed by atoms with Gasteiger partial charge in [0, 0.05) is 18.6 Å². The number of carbonyl (C=O) groups excluding carboxylic acids is 2. The van der Waals surface area contributed by atoms with Gasteiger partial charge in [-0.1, -0.05) is 17.7 Å². The first-order valence-electron chi connectivity index (χ1n) is 7.90. The van der Waals surface area contributed by atoms with Gasteiger partial charge in [-0.25, -0.2) is 10.9 Å². The number of hydrogen-bond donors (Lipinski definition) is 4. The van der Waals surface area contributed by atoms with Crippen LogP contribution in [0.1, 0.15) is 28.4 Å². The lowest BCUT2D eigenvalue weighted by Gasteiger charge is -2.01. The van der Waals surface area contributed by atoms with E-state index in [1.54, 1.807) is 18.2 Å². The summed E-state index contributed by atoms with van der Waals surface area (Å²) in [6, 6.07) is 10.5. The van der Waals surface area contributed by atoms with Crippen LogP contribution in [0.25, 0.3) is 0 Å². The summed E-state index contributed by atoms with van der Waals surface area (Å²) in [5.41, 5.74) is 4.91. The smallest absolute Gasteiger partial charge is 0.278 e. The van der Waals surface area contributed by atoms with E-state index in [0.717, 1.165) is 11.8 Å². The third kappa shape index (κ3) is 9.58. The van der Waals surface area contributed by atoms with Crippen LogP contribution in [0.15, 0.2) is 47.6 Å². The number of phenolic OH excluding ortho intramolecular Hbond substituents is 1. The number of nitro benzene ring substituents is 1. The van der Waals surface area contributed by atoms with E-state index in [4.69, 9.17) is 5.21 Å². The molecule has 0 bridgehead atoms. The highest BCUT2D eigenvalue weighted by atomic mass is 19.1. The van der Waals surface area contributed by atoms with Crippen molar-refractivity contribution in [1.82, 2.24) is 10.9 Å². The number of aryl methyl sites for hydroxylation is 1. The fourth-order valence-corrected chi connectivity index (χ4v) is 1.82. The predicted molar refractivity (Wildman–Crippen MR) is 104 cm³/mol. The van der Waals surface area contributed by atoms with Crippen molar-refractivity contribution in [2.24, 2.45) is 5.10 Å². The maximum Gasteiger partial charge on any atom is 0.278 e. The maximum atomic E-state index is 11.9. The van der Waals surface area contributed by atoms with Gasteiger partial charge in [0.1, 0.15) is 5.75 Å². The summed E-state index contributed by atoms with van der Waals surface area (Å²) in [4.78, 5) is 31.6. The van der Waals surface area contributed by atoms with Gasteiger partial charge >= 0.3 is 0 Å². The van der Waals surface area contributed by atoms with Gasteiger partial charge in [-0.05, 0) is 31.2 Å². The lowest BCUT2D eigenvalue weighted by molar-refractivity contribution is -0.385. The molecule has 2 aromatic rings. The molecule has 0 saturated heterocycles. The number of hydroxylamine groups is 1. The van der Waals surface area contributed by atoms with Crippen molar-refractivity contribution in [3.05, 3.63) is 69.3 Å². The molecule has 2 amide bonds. The minimum Gasteiger partial charge on any atom is -0.508 e. The summed E-state index contributed by atoms with van der Waals surface area (Å²) < 4.78 is 9.50. The second kappa shape index (κ2) is 13.3. The summed E-state index contributed by atoms with van der Waals surface area (Å²) in [5, 5.41) is 31.5. The number of nitrogens with one attached hydrogen (secondary N) is 2. The highest BCUT2D eigenvalue weighted by Crippen LogP contribution is 2.21. The number of nitro groups is 1. The summed E-state index contributed by atoms with van der Waals surface area (Å²) in [6.07, 6.45) is 1.12. The van der Waals surface area contributed by atoms with Gasteiger partial charge in [-0.2, -0.15) is 5.10 Å². The Labute approximate surface area is 165 Å². The van der Waals surface area contributed by atoms with E-state index in [-0.39, 0.29) is 17.0 Å². The molecule has 10 nitrogen and oxygen atoms in total. The summed E-state index contributed by atoms with van der Waals surface area (Å²) in [5.74, 6) is -0.996. The molecule has 11 heteroatoms. The summed E-state index contributed by atoms with van der Waals surface area (Å²) in [6.45, 7) is 3.08. The van der Waals surface area contributed by atoms with E-state index in [1.165, 1.54) is 30.6 Å². The van der Waals surface area contributed by atoms with Crippen molar-refractivity contribution in [1.29, 1.82) is 0 Å². The number of rotatable bonds is 4. The van der Waals surface area contributed by atoms with Crippen molar-refractivity contribution in [3.8, 4) is 5.75 Å². The lowest BCUT2D eigenvalue weighted by atomic mass is 10.1. The Hall–Kier alpha value is -3.86. The normalized spacial score (nSPS) is 9.41. The minimum absolute atomic E-state index is 0.0922. The quantitative estimate of drug-likeness (QED) is 0.264. The topological polar surface area (TPSA) is 154 Å². The van der Waals surface area contributed by atoms with Crippen LogP contribution in [0.4, 0.5) is 10.1 Å². The van der Waals surface area contributed by atoms with Gasteiger partial charge in [0.15, 0.2) is 0 Å². The molecule has 0 aromatic heterocycles. The van der Waals surface area contributed by atoms with Gasteiger partial charge in [-0.3, -0.25) is 29.3 Å². The van der Waals surface area contributed by atoms with Crippen molar-refractivity contribution in [2.45, 2.75) is 13.8 Å². The Morgan fingerprint density at radius 3 is 2.34 bits per heavy atom. The monoisotopic (exact) mass is 408 g/mol. The SMILES string of the molecule is CC(=O)NO.CF.Cc1cccc(C(=O)N/N=C/c2cc(O)ccc2[N+](=O)[O-])c1. The molecule has 0 unspecified atom stereocenters. The second-order valence-corrected chi connectivity index (χ2v) is 5.24. The van der Waals surface area contributed by atoms with E-state index in [1.807, 2.05) is 13.0 Å². The molecule has 0 aliphatic rings. The molecule has 2 aromatic carbocycles. The number of carbonyl (C=O) groups is 2. The number of alkyl halides is 1. The molecule has 0 aliphatic carbocycles. The zero-order valence-corrected chi connectivity index (χ0v) is 15.9. The third-order valence-electron chi connectivity index (χ3n) is 3.02. The standard InChI is InChI=1S/C15H13N3O4.C2H5NO2.CH3F/c1-10-3-2-4-11(7-10)15(20)17-16-9-12-8-13(19)5-6-14(12)18(21)22;1-2(4)3-5;1-2/h2-9,19H,1H3,(H,17,20);5H,1H3,(H,3,4);1H3/b16-9+;;. The van der Waals surface area contributed by atoms with Gasteiger partial charge in [0.25, 0.3) is 11.6 Å². The lowest BCUT2D eigenvalue weighted by Crippen LogP contribution is -2.17. The largest absolute Gasteiger partial charge is 0.508 e. The average Bonchev–Trinajstić information content (AvgIpc) is 2.69. The van der Waals surface area contributed by atoms with Crippen LogP contribution in [0.3, 0.4) is 0 Å². The Balaban J connectivity index is 0.000000977. The molecule has 0 radical (unpaired) electrons. The zero-order valence-electron chi connectivity index (χ0n) is 15.9. The van der Waals surface area contributed by atoms with Crippen molar-refractivity contribution in [2.75, 3.05) is 7.18 Å². The Bertz CT molecular complexity index is 873. The number of aromatic hydroxyl groups is 1. The summed E-state index contributed by atoms with van der Waals surface area (Å²) in [7, 11) is 0.500. The first-order valence-corrected chi connectivity index (χ1v) is 7.90. The molecule has 0 fully saturated rings. The van der Waals surface area contributed by atoms with Crippen LogP contribution in [0, 0.1) is 17.0 Å². The van der Waals surface area contributed by atoms with Crippen LogP contribution in [0.2, 0.25) is 0 Å². The highest BCUT2D eigenvalue weighted by Gasteiger charge is 2.12. The maximum absolute atomic E-state index is 11.9. The molecular formula is C18H21FN4O6. The second-order valence-electron chi connectivity index (χ2n) is 5.24. The fraction of sp³-hybridized carbons (Fsp3) is 0.167. The van der Waals surface area contributed by atoms with Gasteiger partial charge < -0.3 is 5.11 Å². The Morgan fingerprint density at radius 1 is 1.21 bits per heavy atom. The number of hydrogen-bond acceptors (Lipinski definition) is 7. The van der Waals surface area contributed by atoms with Crippen LogP contribution in [-0.2, 0) is 4.79 Å². The molecule has 0 aliphatic heterocycles. The van der Waals surface area contributed by atoms with E-state index in [2.05, 4.69) is 10.5 Å². The third-order valence-corrected chi connectivity index (χ3v) is 3.02. The molecule has 29 heavy (non-hydrogen) atoms. The van der Waals surface area contributed by atoms with Crippen molar-refractivity contribution < 1.29 is 29.2 Å². The highest BCUT2D eigenvalue weighted by molar-refractivity contribution is 5.95. The number of hydrazone groups is 1. The molecule has 0 spiro atoms. The molecule has 0 atom stereocenters. The van der Waals surface area contributed by atoms with E-state index < -0.39 is 16.7 Å². The minimum atomic E-state index is -0.594. The van der Waals surface area contributed by atoms with Crippen molar-refractivity contribution >= 4 is 23.7 Å². The molecule has 156 valence electrons. The van der Waals surface area contributed by atoms with Gasteiger partial charge in [-0.15, -0.1) is 0 Å². The predicted octanol–water partition coefficient (Wildman–Crippen LogP) is 2.47. The van der Waals surface area contributed by atoms with Crippen LogP contribution in [0.5, 0.6) is 5.75 Å². The molecule has 2 rings (SSSR count). The van der Waals surface area contributed by atoms with Crippen LogP contribution in [-0.4, -0.2) is 40.4 Å². The molecule has 0 heterocycles. The first-order chi connectivity index (χ1) is 13.7. The van der Waals surface area contributed by atoms with Crippen LogP contribution >= 0.6 is 0 Å². The van der Waals surface area contributed by atoms with E-state index in [9.17, 15) is 29.2 Å². The van der Waals surface area contributed by atoms with Crippen molar-refractivity contribution in [3.63, 3.8) is 0 Å². The zero-order chi connectivity index (χ0) is 22.4. The average molecular weight is 408 g/mol. The van der Waals surface area contributed by atoms with Gasteiger partial charge in [0.2, 0.25) is 5.91 Å². The number of phenols is 1. The Kier molecular flexibility index (Phi) is 11.6. The van der Waals surface area contributed by atoms with E-state index in [0.29, 0.717) is 12.7 Å². The number of nitrogens with zero attached hydrogens (tertiary/aromatic N) is 2. The molecule has 4 N–H and O–H groups in total. The number of benzene rings is 2. The molecule has 0 saturated carbocycles. The first kappa shape index (κ1) is 25.1. The van der Waals surface area contributed by atoms with Crippen LogP contribution < -0.4 is 10.9 Å². The summed E-state index contributed by atoms with van der Waals surface area (Å²) >= 11 is 0. The van der Waals surface area contributed by atoms with Gasteiger partial charge in [0.05, 0.1) is 23.9 Å². The number of amides is 2. The van der Waals surface area contributed by atoms with E-state index >= 15 is 0 Å².